The Balaban J connectivity index is 0.000000175. The minimum Gasteiger partial charge on any atom is -0.477 e. The monoisotopic (exact) mass is 526 g/mol. The number of fused-ring (bicyclic) bond motifs is 1. The molecule has 0 saturated carbocycles. The maximum atomic E-state index is 10.6. The second kappa shape index (κ2) is 9.18. The van der Waals surface area contributed by atoms with Crippen LogP contribution in [-0.4, -0.2) is 21.0 Å². The first-order chi connectivity index (χ1) is 11.7. The van der Waals surface area contributed by atoms with Crippen LogP contribution in [0.3, 0.4) is 0 Å². The topological polar surface area (TPSA) is 63.1 Å². The van der Waals surface area contributed by atoms with E-state index in [2.05, 4.69) is 16.0 Å². The van der Waals surface area contributed by atoms with Crippen LogP contribution in [0.25, 0.3) is 22.0 Å². The van der Waals surface area contributed by atoms with Gasteiger partial charge < -0.3 is 10.1 Å². The van der Waals surface area contributed by atoms with Crippen LogP contribution in [0.5, 0.6) is 0 Å². The Morgan fingerprint density at radius 2 is 1.80 bits per heavy atom. The molecule has 25 heavy (non-hydrogen) atoms. The molecule has 0 spiro atoms. The molecule has 0 saturated heterocycles. The van der Waals surface area contributed by atoms with E-state index in [0.717, 1.165) is 22.0 Å². The van der Waals surface area contributed by atoms with E-state index < -0.39 is 5.97 Å². The van der Waals surface area contributed by atoms with Gasteiger partial charge >= 0.3 is 5.97 Å². The maximum absolute atomic E-state index is 10.6. The number of aromatic nitrogens is 2. The summed E-state index contributed by atoms with van der Waals surface area (Å²) in [5, 5.41) is 14.5. The van der Waals surface area contributed by atoms with Gasteiger partial charge in [0.1, 0.15) is 5.69 Å². The second-order valence-electron chi connectivity index (χ2n) is 4.87. The third-order valence-corrected chi connectivity index (χ3v) is 3.88. The average Bonchev–Trinajstić information content (AvgIpc) is 3.17. The molecule has 0 fully saturated rings. The predicted octanol–water partition coefficient (Wildman–Crippen LogP) is 4.54. The van der Waals surface area contributed by atoms with Crippen LogP contribution in [0.1, 0.15) is 10.5 Å². The number of hydrogen-bond donors (Lipinski definition) is 1. The third kappa shape index (κ3) is 5.03. The molecule has 4 rings (SSSR count). The van der Waals surface area contributed by atoms with E-state index in [1.807, 2.05) is 53.2 Å². The Hall–Kier alpha value is -2.40. The van der Waals surface area contributed by atoms with Crippen molar-refractivity contribution in [3.05, 3.63) is 83.4 Å². The summed E-state index contributed by atoms with van der Waals surface area (Å²) in [6, 6.07) is 18.1. The number of benzene rings is 1. The summed E-state index contributed by atoms with van der Waals surface area (Å²) >= 11 is 1.64. The van der Waals surface area contributed by atoms with Crippen molar-refractivity contribution in [2.45, 2.75) is 0 Å². The van der Waals surface area contributed by atoms with Gasteiger partial charge in [-0.05, 0) is 23.2 Å². The standard InChI is InChI=1S/C10H7NO2.C9H6NS.Ir/c12-10(13)9-5-7-3-1-2-4-8(7)6-11-9;1-2-5-10-9(3-1)8-4-6-11-7-8;/h1-6H,(H,12,13);1-3,5-7H;/q;-1;. The van der Waals surface area contributed by atoms with Crippen molar-refractivity contribution in [2.75, 3.05) is 0 Å². The van der Waals surface area contributed by atoms with E-state index >= 15 is 0 Å². The van der Waals surface area contributed by atoms with Crippen LogP contribution in [0.2, 0.25) is 0 Å². The molecule has 0 aliphatic carbocycles. The number of thiophene rings is 1. The van der Waals surface area contributed by atoms with Crippen LogP contribution >= 0.6 is 11.3 Å². The van der Waals surface area contributed by atoms with Crippen LogP contribution in [0.15, 0.2) is 71.7 Å². The van der Waals surface area contributed by atoms with Gasteiger partial charge in [0.2, 0.25) is 0 Å². The maximum Gasteiger partial charge on any atom is 0.354 e. The zero-order valence-corrected chi connectivity index (χ0v) is 16.1. The molecule has 3 heterocycles. The molecule has 1 aromatic carbocycles. The molecule has 1 radical (unpaired) electrons. The summed E-state index contributed by atoms with van der Waals surface area (Å²) < 4.78 is 0. The SMILES string of the molecule is O=C(O)c1cc2ccccc2cn1.[Ir].[c-]1cscc1-c1ccccn1. The number of carboxylic acid groups (broad SMARTS) is 1. The summed E-state index contributed by atoms with van der Waals surface area (Å²) in [7, 11) is 0. The van der Waals surface area contributed by atoms with Crippen LogP contribution in [0, 0.1) is 6.07 Å². The zero-order valence-electron chi connectivity index (χ0n) is 12.9. The van der Waals surface area contributed by atoms with Gasteiger partial charge in [-0.15, -0.1) is 5.38 Å². The second-order valence-corrected chi connectivity index (χ2v) is 5.61. The van der Waals surface area contributed by atoms with Crippen molar-refractivity contribution in [3.63, 3.8) is 0 Å². The first-order valence-corrected chi connectivity index (χ1v) is 8.11. The largest absolute Gasteiger partial charge is 0.477 e. The zero-order chi connectivity index (χ0) is 16.8. The summed E-state index contributed by atoms with van der Waals surface area (Å²) in [4.78, 5) is 18.6. The molecule has 1 N–H and O–H groups in total. The molecule has 4 nitrogen and oxygen atoms in total. The Morgan fingerprint density at radius 1 is 1.04 bits per heavy atom. The van der Waals surface area contributed by atoms with Crippen molar-refractivity contribution in [1.82, 2.24) is 9.97 Å². The fraction of sp³-hybridized carbons (Fsp3) is 0. The van der Waals surface area contributed by atoms with Crippen LogP contribution in [-0.2, 0) is 20.1 Å². The number of carbonyl (C=O) groups is 1. The molecular formula is C19H13IrN2O2S-. The molecule has 0 aliphatic heterocycles. The van der Waals surface area contributed by atoms with Crippen LogP contribution < -0.4 is 0 Å². The van der Waals surface area contributed by atoms with Crippen molar-refractivity contribution in [1.29, 1.82) is 0 Å². The fourth-order valence-corrected chi connectivity index (χ4v) is 2.68. The van der Waals surface area contributed by atoms with E-state index in [4.69, 9.17) is 5.11 Å². The number of rotatable bonds is 2. The van der Waals surface area contributed by atoms with E-state index in [-0.39, 0.29) is 25.8 Å². The van der Waals surface area contributed by atoms with E-state index in [9.17, 15) is 4.79 Å². The summed E-state index contributed by atoms with van der Waals surface area (Å²) in [6.07, 6.45) is 3.36. The first kappa shape index (κ1) is 18.9. The molecular weight excluding hydrogens is 513 g/mol. The van der Waals surface area contributed by atoms with Gasteiger partial charge in [0, 0.05) is 37.9 Å². The van der Waals surface area contributed by atoms with Gasteiger partial charge in [0.15, 0.2) is 0 Å². The van der Waals surface area contributed by atoms with Gasteiger partial charge in [0.25, 0.3) is 0 Å². The van der Waals surface area contributed by atoms with Crippen molar-refractivity contribution >= 4 is 28.1 Å². The van der Waals surface area contributed by atoms with Crippen molar-refractivity contribution < 1.29 is 30.0 Å². The van der Waals surface area contributed by atoms with Gasteiger partial charge in [-0.3, -0.25) is 0 Å². The van der Waals surface area contributed by atoms with E-state index in [1.165, 1.54) is 0 Å². The number of hydrogen-bond acceptors (Lipinski definition) is 4. The molecule has 0 amide bonds. The normalized spacial score (nSPS) is 9.60. The fourth-order valence-electron chi connectivity index (χ4n) is 2.09. The number of carboxylic acids is 1. The molecule has 3 aromatic heterocycles. The minimum absolute atomic E-state index is 0. The van der Waals surface area contributed by atoms with Gasteiger partial charge in [-0.25, -0.2) is 21.1 Å². The van der Waals surface area contributed by atoms with Crippen molar-refractivity contribution in [2.24, 2.45) is 0 Å². The summed E-state index contributed by atoms with van der Waals surface area (Å²) in [5.41, 5.74) is 2.16. The van der Waals surface area contributed by atoms with E-state index in [0.29, 0.717) is 0 Å². The Labute approximate surface area is 162 Å². The van der Waals surface area contributed by atoms with Crippen LogP contribution in [0.4, 0.5) is 0 Å². The molecule has 0 atom stereocenters. The Bertz CT molecular complexity index is 944. The van der Waals surface area contributed by atoms with Gasteiger partial charge in [-0.2, -0.15) is 11.6 Å². The molecule has 0 aliphatic rings. The minimum atomic E-state index is -0.995. The molecule has 6 heteroatoms. The number of nitrogens with zero attached hydrogens (tertiary/aromatic N) is 2. The molecule has 127 valence electrons. The predicted molar refractivity (Wildman–Crippen MR) is 95.1 cm³/mol. The summed E-state index contributed by atoms with van der Waals surface area (Å²) in [6.45, 7) is 0. The van der Waals surface area contributed by atoms with Crippen molar-refractivity contribution in [3.8, 4) is 11.3 Å². The molecule has 0 unspecified atom stereocenters. The molecule has 4 aromatic rings. The number of pyridine rings is 2. The van der Waals surface area contributed by atoms with Gasteiger partial charge in [-0.1, -0.05) is 41.8 Å². The van der Waals surface area contributed by atoms with Gasteiger partial charge in [0.05, 0.1) is 0 Å². The van der Waals surface area contributed by atoms with E-state index in [1.54, 1.807) is 29.8 Å². The smallest absolute Gasteiger partial charge is 0.354 e. The molecule has 0 bridgehead atoms. The number of aromatic carboxylic acids is 1. The summed E-state index contributed by atoms with van der Waals surface area (Å²) in [5.74, 6) is -0.995. The quantitative estimate of drug-likeness (QED) is 0.391. The first-order valence-electron chi connectivity index (χ1n) is 7.17. The average molecular weight is 526 g/mol. The Kier molecular flexibility index (Phi) is 6.95. The Morgan fingerprint density at radius 3 is 2.44 bits per heavy atom. The third-order valence-electron chi connectivity index (χ3n) is 3.26.